The van der Waals surface area contributed by atoms with Crippen LogP contribution in [0.1, 0.15) is 31.2 Å². The molecule has 16 heavy (non-hydrogen) atoms. The molecule has 0 heterocycles. The van der Waals surface area contributed by atoms with Crippen molar-refractivity contribution in [2.45, 2.75) is 36.9 Å². The first kappa shape index (κ1) is 12.0. The molecule has 2 unspecified atom stereocenters. The first-order chi connectivity index (χ1) is 7.68. The predicted octanol–water partition coefficient (Wildman–Crippen LogP) is 4.46. The second-order valence-corrected chi connectivity index (χ2v) is 5.65. The van der Waals surface area contributed by atoms with Crippen molar-refractivity contribution in [3.8, 4) is 0 Å². The number of rotatable bonds is 2. The zero-order valence-corrected chi connectivity index (χ0v) is 10.6. The van der Waals surface area contributed by atoms with Gasteiger partial charge in [0.25, 0.3) is 0 Å². The molecule has 1 aromatic rings. The summed E-state index contributed by atoms with van der Waals surface area (Å²) < 4.78 is 26.5. The number of halogens is 3. The van der Waals surface area contributed by atoms with Crippen LogP contribution in [-0.4, -0.2) is 4.83 Å². The minimum absolute atomic E-state index is 0.435. The summed E-state index contributed by atoms with van der Waals surface area (Å²) in [5.74, 6) is -0.975. The molecule has 2 atom stereocenters. The minimum atomic E-state index is -0.737. The molecular formula is C13H15BrF2. The smallest absolute Gasteiger partial charge is 0.162 e. The summed E-state index contributed by atoms with van der Waals surface area (Å²) in [6, 6.07) is 4.44. The van der Waals surface area contributed by atoms with Crippen LogP contribution in [0.4, 0.5) is 8.78 Å². The summed E-state index contributed by atoms with van der Waals surface area (Å²) in [5, 5.41) is 0. The molecule has 0 saturated heterocycles. The maximum atomic E-state index is 13.5. The van der Waals surface area contributed by atoms with E-state index in [0.29, 0.717) is 22.7 Å². The predicted molar refractivity (Wildman–Crippen MR) is 64.7 cm³/mol. The van der Waals surface area contributed by atoms with Crippen molar-refractivity contribution in [3.63, 3.8) is 0 Å². The minimum Gasteiger partial charge on any atom is -0.204 e. The molecule has 0 N–H and O–H groups in total. The van der Waals surface area contributed by atoms with E-state index in [9.17, 15) is 8.78 Å². The zero-order chi connectivity index (χ0) is 11.5. The molecule has 0 spiro atoms. The van der Waals surface area contributed by atoms with Gasteiger partial charge in [0.15, 0.2) is 11.6 Å². The van der Waals surface area contributed by atoms with Gasteiger partial charge in [-0.3, -0.25) is 0 Å². The lowest BCUT2D eigenvalue weighted by molar-refractivity contribution is 0.366. The van der Waals surface area contributed by atoms with Crippen molar-refractivity contribution >= 4 is 15.9 Å². The fourth-order valence-corrected chi connectivity index (χ4v) is 3.16. The average molecular weight is 289 g/mol. The number of hydrogen-bond donors (Lipinski definition) is 0. The molecule has 1 aliphatic rings. The van der Waals surface area contributed by atoms with Crippen LogP contribution in [0.3, 0.4) is 0 Å². The van der Waals surface area contributed by atoms with Gasteiger partial charge in [0.05, 0.1) is 0 Å². The second-order valence-electron chi connectivity index (χ2n) is 4.48. The number of alkyl halides is 1. The third-order valence-corrected chi connectivity index (χ3v) is 4.54. The van der Waals surface area contributed by atoms with E-state index in [1.165, 1.54) is 18.9 Å². The van der Waals surface area contributed by atoms with Crippen LogP contribution in [0.5, 0.6) is 0 Å². The fraction of sp³-hybridized carbons (Fsp3) is 0.538. The molecule has 88 valence electrons. The van der Waals surface area contributed by atoms with E-state index in [1.807, 2.05) is 0 Å². The Hall–Kier alpha value is -0.440. The topological polar surface area (TPSA) is 0 Å². The van der Waals surface area contributed by atoms with Crippen molar-refractivity contribution in [2.24, 2.45) is 5.92 Å². The number of benzene rings is 1. The van der Waals surface area contributed by atoms with Gasteiger partial charge in [-0.15, -0.1) is 0 Å². The van der Waals surface area contributed by atoms with Crippen molar-refractivity contribution in [1.29, 1.82) is 0 Å². The van der Waals surface area contributed by atoms with Gasteiger partial charge in [0.1, 0.15) is 0 Å². The largest absolute Gasteiger partial charge is 0.204 e. The van der Waals surface area contributed by atoms with Crippen molar-refractivity contribution in [3.05, 3.63) is 35.4 Å². The van der Waals surface area contributed by atoms with Crippen LogP contribution < -0.4 is 0 Å². The van der Waals surface area contributed by atoms with E-state index < -0.39 is 11.6 Å². The van der Waals surface area contributed by atoms with Gasteiger partial charge in [-0.2, -0.15) is 0 Å². The van der Waals surface area contributed by atoms with Crippen LogP contribution in [0.15, 0.2) is 18.2 Å². The highest BCUT2D eigenvalue weighted by atomic mass is 79.9. The van der Waals surface area contributed by atoms with Gasteiger partial charge in [0, 0.05) is 4.83 Å². The molecule has 0 amide bonds. The Morgan fingerprint density at radius 2 is 1.94 bits per heavy atom. The van der Waals surface area contributed by atoms with Gasteiger partial charge in [-0.05, 0) is 36.8 Å². The van der Waals surface area contributed by atoms with Gasteiger partial charge >= 0.3 is 0 Å². The first-order valence-corrected chi connectivity index (χ1v) is 6.67. The van der Waals surface area contributed by atoms with Crippen molar-refractivity contribution < 1.29 is 8.78 Å². The maximum Gasteiger partial charge on any atom is 0.162 e. The highest BCUT2D eigenvalue weighted by molar-refractivity contribution is 9.09. The molecule has 1 aromatic carbocycles. The van der Waals surface area contributed by atoms with Crippen LogP contribution in [0.25, 0.3) is 0 Å². The molecule has 3 heteroatoms. The first-order valence-electron chi connectivity index (χ1n) is 5.75. The van der Waals surface area contributed by atoms with Gasteiger partial charge in [0.2, 0.25) is 0 Å². The monoisotopic (exact) mass is 288 g/mol. The summed E-state index contributed by atoms with van der Waals surface area (Å²) in [5.41, 5.74) is 0.511. The van der Waals surface area contributed by atoms with E-state index >= 15 is 0 Å². The highest BCUT2D eigenvalue weighted by Gasteiger charge is 2.24. The number of hydrogen-bond acceptors (Lipinski definition) is 0. The second kappa shape index (κ2) is 5.26. The zero-order valence-electron chi connectivity index (χ0n) is 9.06. The van der Waals surface area contributed by atoms with Crippen LogP contribution in [0, 0.1) is 17.6 Å². The van der Waals surface area contributed by atoms with Crippen LogP contribution >= 0.6 is 15.9 Å². The fourth-order valence-electron chi connectivity index (χ4n) is 2.38. The molecule has 0 aromatic heterocycles. The Morgan fingerprint density at radius 3 is 2.69 bits per heavy atom. The summed E-state index contributed by atoms with van der Waals surface area (Å²) in [7, 11) is 0. The van der Waals surface area contributed by atoms with Gasteiger partial charge in [-0.1, -0.05) is 40.9 Å². The molecule has 0 aliphatic heterocycles. The Balaban J connectivity index is 2.10. The van der Waals surface area contributed by atoms with Crippen molar-refractivity contribution in [2.75, 3.05) is 0 Å². The molecule has 2 rings (SSSR count). The van der Waals surface area contributed by atoms with E-state index in [1.54, 1.807) is 12.1 Å². The average Bonchev–Trinajstić information content (AvgIpc) is 2.28. The van der Waals surface area contributed by atoms with Gasteiger partial charge < -0.3 is 0 Å². The lowest BCUT2D eigenvalue weighted by Gasteiger charge is -2.27. The van der Waals surface area contributed by atoms with E-state index in [2.05, 4.69) is 15.9 Å². The molecule has 0 bridgehead atoms. The maximum absolute atomic E-state index is 13.5. The Morgan fingerprint density at radius 1 is 1.19 bits per heavy atom. The molecule has 1 fully saturated rings. The molecular weight excluding hydrogens is 274 g/mol. The summed E-state index contributed by atoms with van der Waals surface area (Å²) in [6.45, 7) is 0. The van der Waals surface area contributed by atoms with Crippen LogP contribution in [-0.2, 0) is 6.42 Å². The van der Waals surface area contributed by atoms with E-state index in [-0.39, 0.29) is 0 Å². The van der Waals surface area contributed by atoms with Gasteiger partial charge in [-0.25, -0.2) is 8.78 Å². The molecule has 0 nitrogen and oxygen atoms in total. The standard InChI is InChI=1S/C13H15BrF2/c14-11-6-2-1-4-9(11)8-10-5-3-7-12(15)13(10)16/h3,5,7,9,11H,1-2,4,6,8H2. The SMILES string of the molecule is Fc1cccc(CC2CCCCC2Br)c1F. The summed E-state index contributed by atoms with van der Waals surface area (Å²) in [4.78, 5) is 0.448. The molecule has 0 radical (unpaired) electrons. The normalized spacial score (nSPS) is 25.7. The third-order valence-electron chi connectivity index (χ3n) is 3.33. The highest BCUT2D eigenvalue weighted by Crippen LogP contribution is 2.33. The van der Waals surface area contributed by atoms with Crippen molar-refractivity contribution in [1.82, 2.24) is 0 Å². The lowest BCUT2D eigenvalue weighted by Crippen LogP contribution is -2.21. The quantitative estimate of drug-likeness (QED) is 0.705. The molecule has 1 saturated carbocycles. The third kappa shape index (κ3) is 2.62. The Bertz CT molecular complexity index is 365. The van der Waals surface area contributed by atoms with Crippen LogP contribution in [0.2, 0.25) is 0 Å². The Kier molecular flexibility index (Phi) is 3.95. The summed E-state index contributed by atoms with van der Waals surface area (Å²) in [6.07, 6.45) is 5.31. The van der Waals surface area contributed by atoms with E-state index in [0.717, 1.165) is 12.8 Å². The van der Waals surface area contributed by atoms with E-state index in [4.69, 9.17) is 0 Å². The summed E-state index contributed by atoms with van der Waals surface area (Å²) >= 11 is 3.64. The Labute approximate surface area is 103 Å². The molecule has 1 aliphatic carbocycles. The lowest BCUT2D eigenvalue weighted by atomic mass is 9.84.